The lowest BCUT2D eigenvalue weighted by atomic mass is 10.1. The molecular formula is C12H17N3O2. The first-order valence-corrected chi connectivity index (χ1v) is 5.89. The van der Waals surface area contributed by atoms with Crippen LogP contribution in [0.1, 0.15) is 35.9 Å². The van der Waals surface area contributed by atoms with Gasteiger partial charge in [0.2, 0.25) is 5.95 Å². The Bertz CT molecular complexity index is 430. The maximum atomic E-state index is 10.8. The lowest BCUT2D eigenvalue weighted by molar-refractivity contribution is 0.0690. The van der Waals surface area contributed by atoms with Gasteiger partial charge in [0, 0.05) is 12.2 Å². The number of hydrogen-bond donors (Lipinski definition) is 2. The van der Waals surface area contributed by atoms with Crippen LogP contribution < -0.4 is 5.32 Å². The van der Waals surface area contributed by atoms with Gasteiger partial charge in [-0.05, 0) is 37.7 Å². The minimum atomic E-state index is -1.02. The molecule has 92 valence electrons. The SMILES string of the molecule is Cc1cc(C(=O)O)nc(NCC(C)C2CC2)n1. The molecule has 1 aliphatic rings. The second-order valence-electron chi connectivity index (χ2n) is 4.72. The van der Waals surface area contributed by atoms with E-state index in [4.69, 9.17) is 5.11 Å². The fourth-order valence-corrected chi connectivity index (χ4v) is 1.84. The molecule has 1 heterocycles. The zero-order valence-electron chi connectivity index (χ0n) is 10.1. The van der Waals surface area contributed by atoms with Crippen molar-refractivity contribution in [1.29, 1.82) is 0 Å². The molecule has 1 saturated carbocycles. The second kappa shape index (κ2) is 4.69. The molecule has 2 rings (SSSR count). The largest absolute Gasteiger partial charge is 0.477 e. The Morgan fingerprint density at radius 3 is 2.88 bits per heavy atom. The first-order chi connectivity index (χ1) is 8.06. The number of aryl methyl sites for hydroxylation is 1. The highest BCUT2D eigenvalue weighted by Crippen LogP contribution is 2.36. The zero-order valence-corrected chi connectivity index (χ0v) is 10.1. The van der Waals surface area contributed by atoms with E-state index in [0.29, 0.717) is 17.6 Å². The third kappa shape index (κ3) is 3.15. The lowest BCUT2D eigenvalue weighted by Crippen LogP contribution is -2.16. The quantitative estimate of drug-likeness (QED) is 0.815. The van der Waals surface area contributed by atoms with Gasteiger partial charge in [-0.2, -0.15) is 0 Å². The van der Waals surface area contributed by atoms with E-state index in [1.807, 2.05) is 0 Å². The zero-order chi connectivity index (χ0) is 12.4. The Kier molecular flexibility index (Phi) is 3.26. The first kappa shape index (κ1) is 11.8. The molecule has 1 aromatic rings. The smallest absolute Gasteiger partial charge is 0.354 e. The van der Waals surface area contributed by atoms with E-state index in [-0.39, 0.29) is 5.69 Å². The molecule has 17 heavy (non-hydrogen) atoms. The number of carboxylic acid groups (broad SMARTS) is 1. The van der Waals surface area contributed by atoms with Gasteiger partial charge in [0.05, 0.1) is 0 Å². The van der Waals surface area contributed by atoms with Crippen LogP contribution in [0.4, 0.5) is 5.95 Å². The molecule has 5 nitrogen and oxygen atoms in total. The molecule has 0 aliphatic heterocycles. The predicted molar refractivity (Wildman–Crippen MR) is 64.1 cm³/mol. The topological polar surface area (TPSA) is 75.1 Å². The monoisotopic (exact) mass is 235 g/mol. The first-order valence-electron chi connectivity index (χ1n) is 5.89. The van der Waals surface area contributed by atoms with Crippen LogP contribution in [0.2, 0.25) is 0 Å². The summed E-state index contributed by atoms with van der Waals surface area (Å²) in [5.74, 6) is 0.794. The lowest BCUT2D eigenvalue weighted by Gasteiger charge is -2.11. The highest BCUT2D eigenvalue weighted by molar-refractivity contribution is 5.85. The summed E-state index contributed by atoms with van der Waals surface area (Å²) in [7, 11) is 0. The van der Waals surface area contributed by atoms with Crippen molar-refractivity contribution in [2.24, 2.45) is 11.8 Å². The Balaban J connectivity index is 2.01. The van der Waals surface area contributed by atoms with E-state index in [9.17, 15) is 4.79 Å². The summed E-state index contributed by atoms with van der Waals surface area (Å²) < 4.78 is 0. The number of nitrogens with one attached hydrogen (secondary N) is 1. The molecule has 0 radical (unpaired) electrons. The Morgan fingerprint density at radius 2 is 2.29 bits per heavy atom. The van der Waals surface area contributed by atoms with Crippen LogP contribution in [0.5, 0.6) is 0 Å². The van der Waals surface area contributed by atoms with Crippen LogP contribution in [0.3, 0.4) is 0 Å². The molecule has 0 aromatic carbocycles. The van der Waals surface area contributed by atoms with Crippen molar-refractivity contribution in [2.75, 3.05) is 11.9 Å². The van der Waals surface area contributed by atoms with Gasteiger partial charge in [0.25, 0.3) is 0 Å². The van der Waals surface area contributed by atoms with E-state index in [0.717, 1.165) is 12.5 Å². The second-order valence-corrected chi connectivity index (χ2v) is 4.72. The molecule has 0 amide bonds. The predicted octanol–water partition coefficient (Wildman–Crippen LogP) is 1.94. The van der Waals surface area contributed by atoms with E-state index in [1.165, 1.54) is 18.9 Å². The van der Waals surface area contributed by atoms with Crippen LogP contribution in [0.25, 0.3) is 0 Å². The van der Waals surface area contributed by atoms with Gasteiger partial charge in [0.1, 0.15) is 0 Å². The minimum Gasteiger partial charge on any atom is -0.477 e. The number of rotatable bonds is 5. The summed E-state index contributed by atoms with van der Waals surface area (Å²) in [6, 6.07) is 1.47. The maximum absolute atomic E-state index is 10.8. The molecule has 5 heteroatoms. The van der Waals surface area contributed by atoms with E-state index >= 15 is 0 Å². The maximum Gasteiger partial charge on any atom is 0.354 e. The highest BCUT2D eigenvalue weighted by atomic mass is 16.4. The normalized spacial score (nSPS) is 16.6. The van der Waals surface area contributed by atoms with Gasteiger partial charge >= 0.3 is 5.97 Å². The number of hydrogen-bond acceptors (Lipinski definition) is 4. The van der Waals surface area contributed by atoms with Crippen molar-refractivity contribution < 1.29 is 9.90 Å². The van der Waals surface area contributed by atoms with Crippen LogP contribution >= 0.6 is 0 Å². The molecule has 1 aromatic heterocycles. The van der Waals surface area contributed by atoms with Gasteiger partial charge in [-0.25, -0.2) is 14.8 Å². The molecule has 0 saturated heterocycles. The standard InChI is InChI=1S/C12H17N3O2/c1-7(9-3-4-9)6-13-12-14-8(2)5-10(15-12)11(16)17/h5,7,9H,3-4,6H2,1-2H3,(H,16,17)(H,13,14,15). The van der Waals surface area contributed by atoms with Crippen LogP contribution in [-0.4, -0.2) is 27.6 Å². The molecule has 0 spiro atoms. The van der Waals surface area contributed by atoms with Crippen molar-refractivity contribution in [2.45, 2.75) is 26.7 Å². The van der Waals surface area contributed by atoms with E-state index in [1.54, 1.807) is 6.92 Å². The minimum absolute atomic E-state index is 0.0408. The Labute approximate surface area is 100 Å². The van der Waals surface area contributed by atoms with E-state index < -0.39 is 5.97 Å². The summed E-state index contributed by atoms with van der Waals surface area (Å²) in [6.07, 6.45) is 2.61. The fraction of sp³-hybridized carbons (Fsp3) is 0.583. The molecular weight excluding hydrogens is 218 g/mol. The van der Waals surface area contributed by atoms with Crippen molar-refractivity contribution in [3.8, 4) is 0 Å². The molecule has 2 N–H and O–H groups in total. The van der Waals surface area contributed by atoms with Crippen LogP contribution in [0.15, 0.2) is 6.07 Å². The third-order valence-corrected chi connectivity index (χ3v) is 3.08. The van der Waals surface area contributed by atoms with Gasteiger partial charge in [-0.1, -0.05) is 6.92 Å². The Hall–Kier alpha value is -1.65. The highest BCUT2D eigenvalue weighted by Gasteiger charge is 2.27. The number of anilines is 1. The van der Waals surface area contributed by atoms with Gasteiger partial charge in [0.15, 0.2) is 5.69 Å². The summed E-state index contributed by atoms with van der Waals surface area (Å²) >= 11 is 0. The number of aromatic nitrogens is 2. The van der Waals surface area contributed by atoms with Crippen molar-refractivity contribution in [1.82, 2.24) is 9.97 Å². The van der Waals surface area contributed by atoms with Crippen LogP contribution in [0, 0.1) is 18.8 Å². The summed E-state index contributed by atoms with van der Waals surface area (Å²) in [5, 5.41) is 12.0. The van der Waals surface area contributed by atoms with Gasteiger partial charge in [-0.3, -0.25) is 0 Å². The van der Waals surface area contributed by atoms with Crippen molar-refractivity contribution >= 4 is 11.9 Å². The molecule has 0 bridgehead atoms. The molecule has 1 unspecified atom stereocenters. The number of carboxylic acids is 1. The number of carbonyl (C=O) groups is 1. The third-order valence-electron chi connectivity index (χ3n) is 3.08. The summed E-state index contributed by atoms with van der Waals surface area (Å²) in [4.78, 5) is 19.0. The van der Waals surface area contributed by atoms with Gasteiger partial charge < -0.3 is 10.4 Å². The molecule has 1 atom stereocenters. The number of aromatic carboxylic acids is 1. The summed E-state index contributed by atoms with van der Waals surface area (Å²) in [5.41, 5.74) is 0.707. The fourth-order valence-electron chi connectivity index (χ4n) is 1.84. The summed E-state index contributed by atoms with van der Waals surface area (Å²) in [6.45, 7) is 4.76. The van der Waals surface area contributed by atoms with Gasteiger partial charge in [-0.15, -0.1) is 0 Å². The van der Waals surface area contributed by atoms with Crippen LogP contribution in [-0.2, 0) is 0 Å². The molecule has 1 fully saturated rings. The number of nitrogens with zero attached hydrogens (tertiary/aromatic N) is 2. The van der Waals surface area contributed by atoms with E-state index in [2.05, 4.69) is 22.2 Å². The average Bonchev–Trinajstić information content (AvgIpc) is 3.08. The van der Waals surface area contributed by atoms with Crippen molar-refractivity contribution in [3.63, 3.8) is 0 Å². The molecule has 1 aliphatic carbocycles. The van der Waals surface area contributed by atoms with Crippen molar-refractivity contribution in [3.05, 3.63) is 17.5 Å². The average molecular weight is 235 g/mol. The Morgan fingerprint density at radius 1 is 1.59 bits per heavy atom.